The summed E-state index contributed by atoms with van der Waals surface area (Å²) >= 11 is 0. The Balaban J connectivity index is 1.39. The fourth-order valence-corrected chi connectivity index (χ4v) is 3.09. The molecule has 2 amide bonds. The standard InChI is InChI=1S/C21H23FN2O3/c22-18-6-8-19(9-7-18)27-15-20(25)24-12-10-17(11-13-24)21(26)23-14-16-4-2-1-3-5-16/h1-9,17H,10-15H2,(H,23,26). The first-order valence-corrected chi connectivity index (χ1v) is 9.09. The van der Waals surface area contributed by atoms with Gasteiger partial charge >= 0.3 is 0 Å². The number of amides is 2. The fraction of sp³-hybridized carbons (Fsp3) is 0.333. The van der Waals surface area contributed by atoms with E-state index in [9.17, 15) is 14.0 Å². The lowest BCUT2D eigenvalue weighted by atomic mass is 9.96. The zero-order valence-electron chi connectivity index (χ0n) is 15.1. The molecule has 3 rings (SSSR count). The van der Waals surface area contributed by atoms with E-state index in [0.29, 0.717) is 38.2 Å². The van der Waals surface area contributed by atoms with Gasteiger partial charge in [-0.3, -0.25) is 9.59 Å². The molecule has 0 unspecified atom stereocenters. The number of rotatable bonds is 6. The molecule has 0 bridgehead atoms. The van der Waals surface area contributed by atoms with Crippen LogP contribution in [0, 0.1) is 11.7 Å². The molecule has 1 aliphatic heterocycles. The Kier molecular flexibility index (Phi) is 6.41. The summed E-state index contributed by atoms with van der Waals surface area (Å²) in [6.07, 6.45) is 1.28. The molecule has 1 aliphatic rings. The maximum absolute atomic E-state index is 12.9. The number of halogens is 1. The molecule has 2 aromatic carbocycles. The number of piperidine rings is 1. The topological polar surface area (TPSA) is 58.6 Å². The summed E-state index contributed by atoms with van der Waals surface area (Å²) in [6, 6.07) is 15.3. The number of nitrogens with one attached hydrogen (secondary N) is 1. The Bertz CT molecular complexity index is 757. The van der Waals surface area contributed by atoms with E-state index in [-0.39, 0.29) is 30.2 Å². The van der Waals surface area contributed by atoms with Crippen molar-refractivity contribution in [1.82, 2.24) is 10.2 Å². The highest BCUT2D eigenvalue weighted by Crippen LogP contribution is 2.18. The number of carbonyl (C=O) groups is 2. The van der Waals surface area contributed by atoms with Gasteiger partial charge < -0.3 is 15.0 Å². The van der Waals surface area contributed by atoms with Gasteiger partial charge in [-0.05, 0) is 42.7 Å². The molecule has 0 atom stereocenters. The number of ether oxygens (including phenoxy) is 1. The minimum atomic E-state index is -0.346. The van der Waals surface area contributed by atoms with Gasteiger partial charge in [0.2, 0.25) is 5.91 Å². The van der Waals surface area contributed by atoms with Crippen molar-refractivity contribution >= 4 is 11.8 Å². The van der Waals surface area contributed by atoms with Gasteiger partial charge in [0.1, 0.15) is 11.6 Å². The van der Waals surface area contributed by atoms with Gasteiger partial charge in [0, 0.05) is 25.6 Å². The maximum atomic E-state index is 12.9. The highest BCUT2D eigenvalue weighted by molar-refractivity contribution is 5.80. The van der Waals surface area contributed by atoms with E-state index in [0.717, 1.165) is 5.56 Å². The molecule has 2 aromatic rings. The molecular formula is C21H23FN2O3. The molecule has 1 N–H and O–H groups in total. The minimum absolute atomic E-state index is 0.0357. The Morgan fingerprint density at radius 1 is 1.04 bits per heavy atom. The second-order valence-corrected chi connectivity index (χ2v) is 6.60. The predicted molar refractivity (Wildman–Crippen MR) is 99.5 cm³/mol. The largest absolute Gasteiger partial charge is 0.484 e. The van der Waals surface area contributed by atoms with Gasteiger partial charge in [-0.15, -0.1) is 0 Å². The third kappa shape index (κ3) is 5.54. The molecule has 0 radical (unpaired) electrons. The first kappa shape index (κ1) is 18.9. The lowest BCUT2D eigenvalue weighted by Crippen LogP contribution is -2.44. The first-order valence-electron chi connectivity index (χ1n) is 9.09. The van der Waals surface area contributed by atoms with Gasteiger partial charge in [0.15, 0.2) is 6.61 Å². The van der Waals surface area contributed by atoms with Gasteiger partial charge in [-0.2, -0.15) is 0 Å². The molecule has 27 heavy (non-hydrogen) atoms. The molecule has 1 fully saturated rings. The number of carbonyl (C=O) groups excluding carboxylic acids is 2. The van der Waals surface area contributed by atoms with Crippen LogP contribution in [0.25, 0.3) is 0 Å². The van der Waals surface area contributed by atoms with Crippen LogP contribution < -0.4 is 10.1 Å². The van der Waals surface area contributed by atoms with Crippen LogP contribution in [0.15, 0.2) is 54.6 Å². The van der Waals surface area contributed by atoms with E-state index in [1.54, 1.807) is 4.90 Å². The van der Waals surface area contributed by atoms with Crippen molar-refractivity contribution < 1.29 is 18.7 Å². The maximum Gasteiger partial charge on any atom is 0.260 e. The van der Waals surface area contributed by atoms with Gasteiger partial charge in [-0.1, -0.05) is 30.3 Å². The Labute approximate surface area is 158 Å². The lowest BCUT2D eigenvalue weighted by molar-refractivity contribution is -0.137. The molecule has 1 heterocycles. The summed E-state index contributed by atoms with van der Waals surface area (Å²) in [7, 11) is 0. The van der Waals surface area contributed by atoms with Crippen molar-refractivity contribution in [3.8, 4) is 5.75 Å². The van der Waals surface area contributed by atoms with Gasteiger partial charge in [0.05, 0.1) is 0 Å². The Morgan fingerprint density at radius 3 is 2.37 bits per heavy atom. The molecule has 0 aromatic heterocycles. The number of hydrogen-bond donors (Lipinski definition) is 1. The normalized spacial score (nSPS) is 14.6. The first-order chi connectivity index (χ1) is 13.1. The minimum Gasteiger partial charge on any atom is -0.484 e. The highest BCUT2D eigenvalue weighted by Gasteiger charge is 2.27. The predicted octanol–water partition coefficient (Wildman–Crippen LogP) is 2.76. The van der Waals surface area contributed by atoms with E-state index in [1.807, 2.05) is 30.3 Å². The van der Waals surface area contributed by atoms with Crippen LogP contribution in [-0.2, 0) is 16.1 Å². The Hall–Kier alpha value is -2.89. The van der Waals surface area contributed by atoms with Crippen LogP contribution in [0.1, 0.15) is 18.4 Å². The van der Waals surface area contributed by atoms with Crippen molar-refractivity contribution in [1.29, 1.82) is 0 Å². The van der Waals surface area contributed by atoms with Crippen molar-refractivity contribution in [3.05, 3.63) is 66.0 Å². The summed E-state index contributed by atoms with van der Waals surface area (Å²) in [5, 5.41) is 2.97. The number of nitrogens with zero attached hydrogens (tertiary/aromatic N) is 1. The summed E-state index contributed by atoms with van der Waals surface area (Å²) < 4.78 is 18.3. The summed E-state index contributed by atoms with van der Waals surface area (Å²) in [5.41, 5.74) is 1.07. The number of likely N-dealkylation sites (tertiary alicyclic amines) is 1. The van der Waals surface area contributed by atoms with Gasteiger partial charge in [-0.25, -0.2) is 4.39 Å². The van der Waals surface area contributed by atoms with Crippen LogP contribution in [0.2, 0.25) is 0 Å². The zero-order valence-corrected chi connectivity index (χ0v) is 15.1. The van der Waals surface area contributed by atoms with Gasteiger partial charge in [0.25, 0.3) is 5.91 Å². The summed E-state index contributed by atoms with van der Waals surface area (Å²) in [6.45, 7) is 1.50. The van der Waals surface area contributed by atoms with Crippen molar-refractivity contribution in [2.45, 2.75) is 19.4 Å². The van der Waals surface area contributed by atoms with Crippen molar-refractivity contribution in [2.75, 3.05) is 19.7 Å². The Morgan fingerprint density at radius 2 is 1.70 bits per heavy atom. The fourth-order valence-electron chi connectivity index (χ4n) is 3.09. The third-order valence-electron chi connectivity index (χ3n) is 4.70. The molecule has 1 saturated heterocycles. The molecule has 0 aliphatic carbocycles. The molecule has 0 spiro atoms. The number of benzene rings is 2. The van der Waals surface area contributed by atoms with Crippen LogP contribution in [-0.4, -0.2) is 36.4 Å². The monoisotopic (exact) mass is 370 g/mol. The SMILES string of the molecule is O=C(NCc1ccccc1)C1CCN(C(=O)COc2ccc(F)cc2)CC1. The molecule has 5 nitrogen and oxygen atoms in total. The second kappa shape index (κ2) is 9.16. The highest BCUT2D eigenvalue weighted by atomic mass is 19.1. The van der Waals surface area contributed by atoms with E-state index >= 15 is 0 Å². The van der Waals surface area contributed by atoms with Crippen LogP contribution in [0.5, 0.6) is 5.75 Å². The van der Waals surface area contributed by atoms with Crippen LogP contribution in [0.3, 0.4) is 0 Å². The van der Waals surface area contributed by atoms with Crippen LogP contribution >= 0.6 is 0 Å². The molecule has 0 saturated carbocycles. The van der Waals surface area contributed by atoms with E-state index in [2.05, 4.69) is 5.32 Å². The van der Waals surface area contributed by atoms with E-state index < -0.39 is 0 Å². The average Bonchev–Trinajstić information content (AvgIpc) is 2.72. The van der Waals surface area contributed by atoms with E-state index in [1.165, 1.54) is 24.3 Å². The summed E-state index contributed by atoms with van der Waals surface area (Å²) in [5.74, 6) is -0.0482. The van der Waals surface area contributed by atoms with E-state index in [4.69, 9.17) is 4.74 Å². The molecular weight excluding hydrogens is 347 g/mol. The lowest BCUT2D eigenvalue weighted by Gasteiger charge is -2.31. The van der Waals surface area contributed by atoms with Crippen LogP contribution in [0.4, 0.5) is 4.39 Å². The van der Waals surface area contributed by atoms with Crippen molar-refractivity contribution in [2.24, 2.45) is 5.92 Å². The smallest absolute Gasteiger partial charge is 0.260 e. The zero-order chi connectivity index (χ0) is 19.1. The number of hydrogen-bond acceptors (Lipinski definition) is 3. The quantitative estimate of drug-likeness (QED) is 0.851. The second-order valence-electron chi connectivity index (χ2n) is 6.60. The summed E-state index contributed by atoms with van der Waals surface area (Å²) in [4.78, 5) is 26.3. The van der Waals surface area contributed by atoms with Crippen molar-refractivity contribution in [3.63, 3.8) is 0 Å². The molecule has 142 valence electrons. The average molecular weight is 370 g/mol. The molecule has 6 heteroatoms. The third-order valence-corrected chi connectivity index (χ3v) is 4.70.